The van der Waals surface area contributed by atoms with E-state index in [0.717, 1.165) is 23.5 Å². The molecule has 1 saturated carbocycles. The van der Waals surface area contributed by atoms with Gasteiger partial charge in [-0.05, 0) is 25.8 Å². The van der Waals surface area contributed by atoms with Crippen molar-refractivity contribution in [3.63, 3.8) is 0 Å². The molecular formula is C14H20N2O3S. The van der Waals surface area contributed by atoms with Gasteiger partial charge in [0.25, 0.3) is 0 Å². The number of nitrogens with zero attached hydrogens (tertiary/aromatic N) is 2. The number of aromatic nitrogens is 1. The number of thiazole rings is 1. The van der Waals surface area contributed by atoms with Crippen LogP contribution in [0.5, 0.6) is 0 Å². The van der Waals surface area contributed by atoms with E-state index in [2.05, 4.69) is 4.98 Å². The summed E-state index contributed by atoms with van der Waals surface area (Å²) in [7, 11) is 3.30. The van der Waals surface area contributed by atoms with E-state index in [4.69, 9.17) is 4.74 Å². The fraction of sp³-hybridized carbons (Fsp3) is 0.571. The molecule has 6 heteroatoms. The zero-order valence-corrected chi connectivity index (χ0v) is 12.8. The van der Waals surface area contributed by atoms with Gasteiger partial charge in [-0.15, -0.1) is 11.3 Å². The van der Waals surface area contributed by atoms with Crippen LogP contribution in [0.3, 0.4) is 0 Å². The average molecular weight is 296 g/mol. The van der Waals surface area contributed by atoms with Crippen LogP contribution in [0.15, 0.2) is 11.5 Å². The second-order valence-electron chi connectivity index (χ2n) is 4.98. The molecule has 2 rings (SSSR count). The van der Waals surface area contributed by atoms with Crippen molar-refractivity contribution in [3.05, 3.63) is 22.2 Å². The molecule has 1 aromatic heterocycles. The van der Waals surface area contributed by atoms with Crippen LogP contribution in [0.4, 0.5) is 0 Å². The van der Waals surface area contributed by atoms with E-state index < -0.39 is 6.10 Å². The molecule has 0 spiro atoms. The van der Waals surface area contributed by atoms with Crippen LogP contribution in [-0.4, -0.2) is 53.3 Å². The third kappa shape index (κ3) is 3.26. The minimum absolute atomic E-state index is 0.128. The van der Waals surface area contributed by atoms with Crippen molar-refractivity contribution in [3.8, 4) is 0 Å². The molecule has 1 N–H and O–H groups in total. The molecule has 110 valence electrons. The lowest BCUT2D eigenvalue weighted by atomic mass is 10.1. The maximum Gasteiger partial charge on any atom is 0.246 e. The van der Waals surface area contributed by atoms with Crippen molar-refractivity contribution >= 4 is 23.3 Å². The lowest BCUT2D eigenvalue weighted by molar-refractivity contribution is -0.129. The Morgan fingerprint density at radius 2 is 2.35 bits per heavy atom. The summed E-state index contributed by atoms with van der Waals surface area (Å²) in [5.41, 5.74) is 0.788. The molecule has 0 radical (unpaired) electrons. The summed E-state index contributed by atoms with van der Waals surface area (Å²) in [6, 6.07) is -0.186. The molecule has 5 nitrogen and oxygen atoms in total. The van der Waals surface area contributed by atoms with Crippen LogP contribution >= 0.6 is 11.3 Å². The zero-order chi connectivity index (χ0) is 14.7. The quantitative estimate of drug-likeness (QED) is 0.855. The van der Waals surface area contributed by atoms with Gasteiger partial charge in [0, 0.05) is 25.6 Å². The predicted molar refractivity (Wildman–Crippen MR) is 78.5 cm³/mol. The molecule has 0 aliphatic heterocycles. The number of aryl methyl sites for hydroxylation is 1. The Hall–Kier alpha value is -1.24. The number of hydrogen-bond acceptors (Lipinski definition) is 5. The van der Waals surface area contributed by atoms with Gasteiger partial charge in [-0.25, -0.2) is 4.98 Å². The van der Waals surface area contributed by atoms with Crippen molar-refractivity contribution < 1.29 is 14.6 Å². The van der Waals surface area contributed by atoms with E-state index in [1.807, 2.05) is 12.3 Å². The Morgan fingerprint density at radius 3 is 2.90 bits per heavy atom. The third-order valence-corrected chi connectivity index (χ3v) is 4.50. The SMILES string of the molecule is CO[C@@H]1CC[C@@H](N(C)C(=O)/C=C/c2csc(C)n2)[C@H]1O. The molecule has 0 aromatic carbocycles. The van der Waals surface area contributed by atoms with Gasteiger partial charge in [0.05, 0.1) is 22.8 Å². The summed E-state index contributed by atoms with van der Waals surface area (Å²) < 4.78 is 5.20. The van der Waals surface area contributed by atoms with Gasteiger partial charge in [0.2, 0.25) is 5.91 Å². The first-order chi connectivity index (χ1) is 9.52. The number of carbonyl (C=O) groups is 1. The molecule has 1 amide bonds. The zero-order valence-electron chi connectivity index (χ0n) is 11.9. The van der Waals surface area contributed by atoms with Gasteiger partial charge < -0.3 is 14.7 Å². The smallest absolute Gasteiger partial charge is 0.246 e. The summed E-state index contributed by atoms with van der Waals surface area (Å²) in [5, 5.41) is 13.0. The number of ether oxygens (including phenoxy) is 1. The Bertz CT molecular complexity index is 500. The minimum Gasteiger partial charge on any atom is -0.388 e. The van der Waals surface area contributed by atoms with E-state index >= 15 is 0 Å². The Balaban J connectivity index is 1.97. The number of amides is 1. The van der Waals surface area contributed by atoms with Crippen molar-refractivity contribution in [1.29, 1.82) is 0 Å². The largest absolute Gasteiger partial charge is 0.388 e. The normalized spacial score (nSPS) is 26.3. The standard InChI is InChI=1S/C14H20N2O3S/c1-9-15-10(8-20-9)4-7-13(17)16(2)11-5-6-12(19-3)14(11)18/h4,7-8,11-12,14,18H,5-6H2,1-3H3/b7-4+/t11-,12-,14-/m1/s1. The summed E-state index contributed by atoms with van der Waals surface area (Å²) >= 11 is 1.55. The van der Waals surface area contributed by atoms with E-state index in [1.165, 1.54) is 6.08 Å². The van der Waals surface area contributed by atoms with E-state index in [-0.39, 0.29) is 18.1 Å². The molecule has 0 unspecified atom stereocenters. The van der Waals surface area contributed by atoms with Gasteiger partial charge in [-0.1, -0.05) is 0 Å². The van der Waals surface area contributed by atoms with Gasteiger partial charge >= 0.3 is 0 Å². The predicted octanol–water partition coefficient (Wildman–Crippen LogP) is 1.46. The molecular weight excluding hydrogens is 276 g/mol. The maximum absolute atomic E-state index is 12.1. The van der Waals surface area contributed by atoms with Crippen LogP contribution in [0.25, 0.3) is 6.08 Å². The second kappa shape index (κ2) is 6.47. The minimum atomic E-state index is -0.621. The highest BCUT2D eigenvalue weighted by Gasteiger charge is 2.38. The number of aliphatic hydroxyl groups is 1. The highest BCUT2D eigenvalue weighted by Crippen LogP contribution is 2.26. The van der Waals surface area contributed by atoms with Crippen molar-refractivity contribution in [2.75, 3.05) is 14.2 Å². The first-order valence-electron chi connectivity index (χ1n) is 6.60. The van der Waals surface area contributed by atoms with Crippen LogP contribution in [0, 0.1) is 6.92 Å². The molecule has 0 bridgehead atoms. The van der Waals surface area contributed by atoms with Crippen molar-refractivity contribution in [1.82, 2.24) is 9.88 Å². The fourth-order valence-corrected chi connectivity index (χ4v) is 3.08. The molecule has 1 fully saturated rings. The lowest BCUT2D eigenvalue weighted by Gasteiger charge is -2.27. The number of methoxy groups -OCH3 is 1. The summed E-state index contributed by atoms with van der Waals surface area (Å²) in [6.45, 7) is 1.93. The fourth-order valence-electron chi connectivity index (χ4n) is 2.50. The number of likely N-dealkylation sites (N-methyl/N-ethyl adjacent to an activating group) is 1. The van der Waals surface area contributed by atoms with Crippen molar-refractivity contribution in [2.24, 2.45) is 0 Å². The van der Waals surface area contributed by atoms with E-state index in [1.54, 1.807) is 36.5 Å². The summed E-state index contributed by atoms with van der Waals surface area (Å²) in [6.07, 6.45) is 3.93. The third-order valence-electron chi connectivity index (χ3n) is 3.70. The molecule has 1 aliphatic carbocycles. The Labute approximate surface area is 122 Å². The topological polar surface area (TPSA) is 62.7 Å². The monoisotopic (exact) mass is 296 g/mol. The van der Waals surface area contributed by atoms with Gasteiger partial charge in [-0.3, -0.25) is 4.79 Å². The first kappa shape index (κ1) is 15.2. The van der Waals surface area contributed by atoms with E-state index in [9.17, 15) is 9.90 Å². The maximum atomic E-state index is 12.1. The summed E-state index contributed by atoms with van der Waals surface area (Å²) in [5.74, 6) is -0.128. The second-order valence-corrected chi connectivity index (χ2v) is 6.05. The van der Waals surface area contributed by atoms with Gasteiger partial charge in [-0.2, -0.15) is 0 Å². The van der Waals surface area contributed by atoms with Crippen molar-refractivity contribution in [2.45, 2.75) is 38.0 Å². The van der Waals surface area contributed by atoms with Gasteiger partial charge in [0.1, 0.15) is 6.10 Å². The van der Waals surface area contributed by atoms with E-state index in [0.29, 0.717) is 0 Å². The molecule has 0 saturated heterocycles. The van der Waals surface area contributed by atoms with Crippen LogP contribution in [0.2, 0.25) is 0 Å². The molecule has 1 aromatic rings. The molecule has 1 aliphatic rings. The number of carbonyl (C=O) groups excluding carboxylic acids is 1. The first-order valence-corrected chi connectivity index (χ1v) is 7.48. The Kier molecular flexibility index (Phi) is 4.91. The molecule has 20 heavy (non-hydrogen) atoms. The number of aliphatic hydroxyl groups excluding tert-OH is 1. The highest BCUT2D eigenvalue weighted by molar-refractivity contribution is 7.09. The van der Waals surface area contributed by atoms with Crippen LogP contribution in [-0.2, 0) is 9.53 Å². The summed E-state index contributed by atoms with van der Waals surface area (Å²) in [4.78, 5) is 18.0. The Morgan fingerprint density at radius 1 is 1.60 bits per heavy atom. The molecule has 3 atom stereocenters. The number of hydrogen-bond donors (Lipinski definition) is 1. The lowest BCUT2D eigenvalue weighted by Crippen LogP contribution is -2.44. The highest BCUT2D eigenvalue weighted by atomic mass is 32.1. The van der Waals surface area contributed by atoms with Crippen LogP contribution < -0.4 is 0 Å². The number of rotatable bonds is 4. The average Bonchev–Trinajstić information content (AvgIpc) is 3.01. The van der Waals surface area contributed by atoms with Gasteiger partial charge in [0.15, 0.2) is 0 Å². The van der Waals surface area contributed by atoms with Crippen LogP contribution in [0.1, 0.15) is 23.5 Å². The molecule has 1 heterocycles.